The smallest absolute Gasteiger partial charge is 0.253 e. The first kappa shape index (κ1) is 14.0. The Balaban J connectivity index is 2.04. The standard InChI is InChI=1S/C16H23N5/c1-10-12-8-5-9-13(11-6-3-2-4-7-11)14(12)20-16(19-10)21-15(17)18/h6,13H,2-5,7-9H2,1H3,(H4,17,18,19,20,21). The van der Waals surface area contributed by atoms with Crippen molar-refractivity contribution >= 4 is 11.9 Å². The summed E-state index contributed by atoms with van der Waals surface area (Å²) >= 11 is 0. The Morgan fingerprint density at radius 1 is 1.19 bits per heavy atom. The zero-order chi connectivity index (χ0) is 14.8. The van der Waals surface area contributed by atoms with Crippen LogP contribution >= 0.6 is 0 Å². The number of rotatable bonds is 2. The molecule has 5 heteroatoms. The number of fused-ring (bicyclic) bond motifs is 1. The van der Waals surface area contributed by atoms with Crippen molar-refractivity contribution in [1.29, 1.82) is 0 Å². The van der Waals surface area contributed by atoms with Crippen LogP contribution in [0.1, 0.15) is 61.4 Å². The van der Waals surface area contributed by atoms with Crippen molar-refractivity contribution in [3.05, 3.63) is 28.6 Å². The monoisotopic (exact) mass is 285 g/mol. The van der Waals surface area contributed by atoms with Gasteiger partial charge in [-0.1, -0.05) is 11.6 Å². The fourth-order valence-corrected chi connectivity index (χ4v) is 3.53. The van der Waals surface area contributed by atoms with Crippen molar-refractivity contribution in [2.45, 2.75) is 57.8 Å². The molecule has 4 N–H and O–H groups in total. The molecule has 0 bridgehead atoms. The van der Waals surface area contributed by atoms with E-state index in [1.165, 1.54) is 44.1 Å². The highest BCUT2D eigenvalue weighted by atomic mass is 15.1. The maximum absolute atomic E-state index is 5.46. The Labute approximate surface area is 125 Å². The molecule has 0 saturated heterocycles. The van der Waals surface area contributed by atoms with Crippen molar-refractivity contribution in [3.8, 4) is 0 Å². The summed E-state index contributed by atoms with van der Waals surface area (Å²) in [6.07, 6.45) is 10.9. The molecular weight excluding hydrogens is 262 g/mol. The second-order valence-electron chi connectivity index (χ2n) is 5.98. The average Bonchev–Trinajstić information content (AvgIpc) is 2.47. The van der Waals surface area contributed by atoms with Gasteiger partial charge in [0.25, 0.3) is 5.95 Å². The van der Waals surface area contributed by atoms with Crippen LogP contribution in [-0.4, -0.2) is 15.9 Å². The molecule has 1 heterocycles. The van der Waals surface area contributed by atoms with Gasteiger partial charge in [0.1, 0.15) is 0 Å². The van der Waals surface area contributed by atoms with Crippen molar-refractivity contribution in [2.75, 3.05) is 0 Å². The predicted octanol–water partition coefficient (Wildman–Crippen LogP) is 2.61. The number of allylic oxidation sites excluding steroid dienone is 2. The Bertz CT molecular complexity index is 599. The molecule has 1 aromatic rings. The maximum Gasteiger partial charge on any atom is 0.253 e. The lowest BCUT2D eigenvalue weighted by atomic mass is 9.78. The number of nitrogens with zero attached hydrogens (tertiary/aromatic N) is 3. The predicted molar refractivity (Wildman–Crippen MR) is 84.5 cm³/mol. The van der Waals surface area contributed by atoms with Crippen LogP contribution in [0.3, 0.4) is 0 Å². The second kappa shape index (κ2) is 5.84. The number of nitrogens with two attached hydrogens (primary N) is 2. The van der Waals surface area contributed by atoms with Crippen molar-refractivity contribution in [3.63, 3.8) is 0 Å². The first-order valence-corrected chi connectivity index (χ1v) is 7.81. The third kappa shape index (κ3) is 2.91. The Kier molecular flexibility index (Phi) is 3.90. The largest absolute Gasteiger partial charge is 0.370 e. The number of hydrogen-bond acceptors (Lipinski definition) is 3. The molecule has 5 nitrogen and oxygen atoms in total. The molecule has 3 rings (SSSR count). The van der Waals surface area contributed by atoms with Crippen LogP contribution in [0.25, 0.3) is 0 Å². The molecular formula is C16H23N5. The van der Waals surface area contributed by atoms with E-state index < -0.39 is 0 Å². The van der Waals surface area contributed by atoms with Gasteiger partial charge in [-0.15, -0.1) is 0 Å². The molecule has 1 aromatic heterocycles. The van der Waals surface area contributed by atoms with E-state index in [4.69, 9.17) is 11.5 Å². The minimum atomic E-state index is 0.0126. The third-order valence-electron chi connectivity index (χ3n) is 4.49. The molecule has 0 aliphatic heterocycles. The van der Waals surface area contributed by atoms with E-state index in [1.54, 1.807) is 5.57 Å². The zero-order valence-corrected chi connectivity index (χ0v) is 12.6. The van der Waals surface area contributed by atoms with E-state index in [-0.39, 0.29) is 5.96 Å². The molecule has 2 aliphatic carbocycles. The van der Waals surface area contributed by atoms with Crippen molar-refractivity contribution in [2.24, 2.45) is 16.5 Å². The van der Waals surface area contributed by atoms with Crippen LogP contribution in [0.15, 0.2) is 16.6 Å². The maximum atomic E-state index is 5.46. The number of aryl methyl sites for hydroxylation is 1. The quantitative estimate of drug-likeness (QED) is 0.496. The fourth-order valence-electron chi connectivity index (χ4n) is 3.53. The summed E-state index contributed by atoms with van der Waals surface area (Å²) in [7, 11) is 0. The van der Waals surface area contributed by atoms with Gasteiger partial charge in [0.15, 0.2) is 5.96 Å². The SMILES string of the molecule is Cc1nc(N=C(N)N)nc2c1CCCC2C1=CCCCC1. The van der Waals surface area contributed by atoms with E-state index in [9.17, 15) is 0 Å². The van der Waals surface area contributed by atoms with E-state index in [0.717, 1.165) is 17.8 Å². The highest BCUT2D eigenvalue weighted by Gasteiger charge is 2.27. The molecule has 0 fully saturated rings. The summed E-state index contributed by atoms with van der Waals surface area (Å²) in [6.45, 7) is 2.03. The lowest BCUT2D eigenvalue weighted by Gasteiger charge is -2.29. The molecule has 0 amide bonds. The summed E-state index contributed by atoms with van der Waals surface area (Å²) in [5, 5.41) is 0. The van der Waals surface area contributed by atoms with E-state index in [1.807, 2.05) is 6.92 Å². The minimum Gasteiger partial charge on any atom is -0.370 e. The summed E-state index contributed by atoms with van der Waals surface area (Å²) in [5.74, 6) is 0.844. The van der Waals surface area contributed by atoms with Crippen LogP contribution in [-0.2, 0) is 6.42 Å². The number of aromatic nitrogens is 2. The van der Waals surface area contributed by atoms with Crippen LogP contribution in [0.4, 0.5) is 5.95 Å². The van der Waals surface area contributed by atoms with Crippen LogP contribution < -0.4 is 11.5 Å². The Hall–Kier alpha value is -1.91. The Morgan fingerprint density at radius 2 is 2.05 bits per heavy atom. The summed E-state index contributed by atoms with van der Waals surface area (Å²) < 4.78 is 0. The molecule has 0 spiro atoms. The van der Waals surface area contributed by atoms with Gasteiger partial charge >= 0.3 is 0 Å². The van der Waals surface area contributed by atoms with Crippen molar-refractivity contribution in [1.82, 2.24) is 9.97 Å². The minimum absolute atomic E-state index is 0.0126. The molecule has 0 radical (unpaired) electrons. The number of guanidine groups is 1. The molecule has 1 unspecified atom stereocenters. The van der Waals surface area contributed by atoms with Gasteiger partial charge in [0, 0.05) is 11.6 Å². The summed E-state index contributed by atoms with van der Waals surface area (Å²) in [5.41, 5.74) is 15.9. The highest BCUT2D eigenvalue weighted by Crippen LogP contribution is 2.40. The summed E-state index contributed by atoms with van der Waals surface area (Å²) in [4.78, 5) is 13.1. The summed E-state index contributed by atoms with van der Waals surface area (Å²) in [6, 6.07) is 0. The zero-order valence-electron chi connectivity index (χ0n) is 12.6. The third-order valence-corrected chi connectivity index (χ3v) is 4.49. The fraction of sp³-hybridized carbons (Fsp3) is 0.562. The van der Waals surface area contributed by atoms with E-state index in [2.05, 4.69) is 21.0 Å². The second-order valence-corrected chi connectivity index (χ2v) is 5.98. The Morgan fingerprint density at radius 3 is 2.76 bits per heavy atom. The normalized spacial score (nSPS) is 21.4. The van der Waals surface area contributed by atoms with E-state index >= 15 is 0 Å². The molecule has 0 aromatic carbocycles. The highest BCUT2D eigenvalue weighted by molar-refractivity contribution is 5.77. The van der Waals surface area contributed by atoms with Gasteiger partial charge in [0.05, 0.1) is 5.69 Å². The molecule has 2 aliphatic rings. The first-order chi connectivity index (χ1) is 10.1. The topological polar surface area (TPSA) is 90.2 Å². The molecule has 21 heavy (non-hydrogen) atoms. The lowest BCUT2D eigenvalue weighted by Crippen LogP contribution is -2.23. The van der Waals surface area contributed by atoms with Gasteiger partial charge in [-0.05, 0) is 57.4 Å². The average molecular weight is 285 g/mol. The first-order valence-electron chi connectivity index (χ1n) is 7.81. The number of aliphatic imine (C=N–C) groups is 1. The van der Waals surface area contributed by atoms with Gasteiger partial charge in [-0.2, -0.15) is 4.99 Å². The number of hydrogen-bond donors (Lipinski definition) is 2. The van der Waals surface area contributed by atoms with Gasteiger partial charge < -0.3 is 11.5 Å². The van der Waals surface area contributed by atoms with Crippen LogP contribution in [0, 0.1) is 6.92 Å². The van der Waals surface area contributed by atoms with Crippen LogP contribution in [0.5, 0.6) is 0 Å². The van der Waals surface area contributed by atoms with Crippen molar-refractivity contribution < 1.29 is 0 Å². The van der Waals surface area contributed by atoms with Gasteiger partial charge in [-0.3, -0.25) is 0 Å². The molecule has 0 saturated carbocycles. The van der Waals surface area contributed by atoms with Crippen LogP contribution in [0.2, 0.25) is 0 Å². The molecule has 1 atom stereocenters. The van der Waals surface area contributed by atoms with Gasteiger partial charge in [-0.25, -0.2) is 9.97 Å². The lowest BCUT2D eigenvalue weighted by molar-refractivity contribution is 0.546. The van der Waals surface area contributed by atoms with E-state index in [0.29, 0.717) is 11.9 Å². The molecule has 112 valence electrons. The van der Waals surface area contributed by atoms with Gasteiger partial charge in [0.2, 0.25) is 0 Å².